The van der Waals surface area contributed by atoms with Crippen molar-refractivity contribution in [2.75, 3.05) is 14.2 Å². The zero-order chi connectivity index (χ0) is 16.6. The van der Waals surface area contributed by atoms with Crippen molar-refractivity contribution in [1.29, 1.82) is 0 Å². The van der Waals surface area contributed by atoms with Crippen LogP contribution in [-0.4, -0.2) is 24.4 Å². The molecule has 0 amide bonds. The van der Waals surface area contributed by atoms with Gasteiger partial charge in [0.1, 0.15) is 11.5 Å². The van der Waals surface area contributed by atoms with Crippen LogP contribution in [0.15, 0.2) is 45.6 Å². The van der Waals surface area contributed by atoms with Gasteiger partial charge in [0, 0.05) is 17.7 Å². The summed E-state index contributed by atoms with van der Waals surface area (Å²) in [5, 5.41) is 20.1. The van der Waals surface area contributed by atoms with E-state index in [9.17, 15) is 15.0 Å². The second-order valence-electron chi connectivity index (χ2n) is 4.86. The molecule has 0 atom stereocenters. The molecule has 1 aromatic heterocycles. The molecular formula is C17H14O6. The summed E-state index contributed by atoms with van der Waals surface area (Å²) >= 11 is 0. The molecule has 0 fully saturated rings. The largest absolute Gasteiger partial charge is 0.508 e. The lowest BCUT2D eigenvalue weighted by molar-refractivity contribution is 0.362. The van der Waals surface area contributed by atoms with E-state index in [2.05, 4.69) is 0 Å². The molecule has 0 bridgehead atoms. The van der Waals surface area contributed by atoms with Crippen molar-refractivity contribution < 1.29 is 24.1 Å². The van der Waals surface area contributed by atoms with Crippen molar-refractivity contribution >= 4 is 11.0 Å². The maximum Gasteiger partial charge on any atom is 0.336 e. The Bertz CT molecular complexity index is 924. The highest BCUT2D eigenvalue weighted by Crippen LogP contribution is 2.44. The third kappa shape index (κ3) is 2.44. The number of methoxy groups -OCH3 is 2. The van der Waals surface area contributed by atoms with Crippen LogP contribution in [0.2, 0.25) is 0 Å². The molecular weight excluding hydrogens is 300 g/mol. The molecule has 3 rings (SSSR count). The fourth-order valence-corrected chi connectivity index (χ4v) is 2.46. The van der Waals surface area contributed by atoms with Gasteiger partial charge in [-0.15, -0.1) is 0 Å². The summed E-state index contributed by atoms with van der Waals surface area (Å²) in [5.41, 5.74) is 0.553. The Morgan fingerprint density at radius 2 is 1.61 bits per heavy atom. The molecule has 0 aliphatic heterocycles. The van der Waals surface area contributed by atoms with Crippen molar-refractivity contribution in [2.45, 2.75) is 0 Å². The topological polar surface area (TPSA) is 89.1 Å². The smallest absolute Gasteiger partial charge is 0.336 e. The fourth-order valence-electron chi connectivity index (χ4n) is 2.46. The summed E-state index contributed by atoms with van der Waals surface area (Å²) in [6.07, 6.45) is 0. The highest BCUT2D eigenvalue weighted by molar-refractivity contribution is 6.01. The summed E-state index contributed by atoms with van der Waals surface area (Å²) in [5.74, 6) is 0.361. The monoisotopic (exact) mass is 314 g/mol. The highest BCUT2D eigenvalue weighted by atomic mass is 16.5. The molecule has 0 aliphatic carbocycles. The van der Waals surface area contributed by atoms with Gasteiger partial charge in [0.15, 0.2) is 11.3 Å². The Morgan fingerprint density at radius 3 is 2.22 bits per heavy atom. The average Bonchev–Trinajstić information content (AvgIpc) is 2.56. The second-order valence-corrected chi connectivity index (χ2v) is 4.86. The predicted molar refractivity (Wildman–Crippen MR) is 84.4 cm³/mol. The van der Waals surface area contributed by atoms with Gasteiger partial charge < -0.3 is 24.1 Å². The van der Waals surface area contributed by atoms with E-state index in [0.29, 0.717) is 22.3 Å². The van der Waals surface area contributed by atoms with Crippen LogP contribution < -0.4 is 15.1 Å². The predicted octanol–water partition coefficient (Wildman–Crippen LogP) is 2.89. The maximum atomic E-state index is 11.9. The Balaban J connectivity index is 2.45. The lowest BCUT2D eigenvalue weighted by Gasteiger charge is -2.13. The Hall–Kier alpha value is -3.15. The molecule has 3 aromatic rings. The number of ether oxygens (including phenoxy) is 2. The third-order valence-electron chi connectivity index (χ3n) is 3.54. The number of hydrogen-bond acceptors (Lipinski definition) is 6. The van der Waals surface area contributed by atoms with Gasteiger partial charge in [0.05, 0.1) is 19.6 Å². The van der Waals surface area contributed by atoms with Gasteiger partial charge in [0.25, 0.3) is 0 Å². The number of aromatic hydroxyl groups is 2. The van der Waals surface area contributed by atoms with Crippen molar-refractivity contribution in [3.63, 3.8) is 0 Å². The van der Waals surface area contributed by atoms with E-state index >= 15 is 0 Å². The zero-order valence-corrected chi connectivity index (χ0v) is 12.5. The number of benzene rings is 2. The summed E-state index contributed by atoms with van der Waals surface area (Å²) in [7, 11) is 2.86. The van der Waals surface area contributed by atoms with Crippen LogP contribution in [0.5, 0.6) is 23.0 Å². The number of fused-ring (bicyclic) bond motifs is 1. The lowest BCUT2D eigenvalue weighted by atomic mass is 10.0. The SMILES string of the molecule is COc1cc(OC)c2c(-c3ccc(O)cc3)cc(=O)oc2c1O. The van der Waals surface area contributed by atoms with Crippen LogP contribution in [0, 0.1) is 0 Å². The molecule has 2 N–H and O–H groups in total. The van der Waals surface area contributed by atoms with E-state index in [1.165, 1.54) is 38.5 Å². The maximum absolute atomic E-state index is 11.9. The second kappa shape index (κ2) is 5.57. The minimum atomic E-state index is -0.619. The first kappa shape index (κ1) is 14.8. The van der Waals surface area contributed by atoms with Crippen molar-refractivity contribution in [3.05, 3.63) is 46.8 Å². The van der Waals surface area contributed by atoms with Gasteiger partial charge >= 0.3 is 5.63 Å². The Kier molecular flexibility index (Phi) is 3.57. The quantitative estimate of drug-likeness (QED) is 0.723. The summed E-state index contributed by atoms with van der Waals surface area (Å²) < 4.78 is 15.6. The van der Waals surface area contributed by atoms with Gasteiger partial charge in [-0.05, 0) is 17.7 Å². The first-order chi connectivity index (χ1) is 11.0. The highest BCUT2D eigenvalue weighted by Gasteiger charge is 2.20. The molecule has 0 spiro atoms. The molecule has 118 valence electrons. The molecule has 1 heterocycles. The Labute approximate surface area is 131 Å². The van der Waals surface area contributed by atoms with Crippen LogP contribution in [0.1, 0.15) is 0 Å². The summed E-state index contributed by atoms with van der Waals surface area (Å²) in [4.78, 5) is 11.9. The zero-order valence-electron chi connectivity index (χ0n) is 12.5. The van der Waals surface area contributed by atoms with E-state index in [4.69, 9.17) is 13.9 Å². The van der Waals surface area contributed by atoms with E-state index in [0.717, 1.165) is 0 Å². The van der Waals surface area contributed by atoms with E-state index < -0.39 is 5.63 Å². The molecule has 0 saturated heterocycles. The molecule has 6 nitrogen and oxygen atoms in total. The third-order valence-corrected chi connectivity index (χ3v) is 3.54. The van der Waals surface area contributed by atoms with Crippen LogP contribution in [0.4, 0.5) is 0 Å². The molecule has 0 unspecified atom stereocenters. The van der Waals surface area contributed by atoms with Crippen LogP contribution in [-0.2, 0) is 0 Å². The lowest BCUT2D eigenvalue weighted by Crippen LogP contribution is -2.00. The van der Waals surface area contributed by atoms with Crippen molar-refractivity contribution in [3.8, 4) is 34.1 Å². The van der Waals surface area contributed by atoms with Crippen LogP contribution >= 0.6 is 0 Å². The van der Waals surface area contributed by atoms with Gasteiger partial charge in [-0.3, -0.25) is 0 Å². The normalized spacial score (nSPS) is 10.7. The first-order valence-corrected chi connectivity index (χ1v) is 6.76. The van der Waals surface area contributed by atoms with E-state index in [1.54, 1.807) is 12.1 Å². The average molecular weight is 314 g/mol. The standard InChI is InChI=1S/C17H14O6/c1-21-12-8-13(22-2)16(20)17-15(12)11(7-14(19)23-17)9-3-5-10(18)6-4-9/h3-8,18,20H,1-2H3. The summed E-state index contributed by atoms with van der Waals surface area (Å²) in [6.45, 7) is 0. The fraction of sp³-hybridized carbons (Fsp3) is 0.118. The molecule has 0 radical (unpaired) electrons. The molecule has 0 saturated carbocycles. The first-order valence-electron chi connectivity index (χ1n) is 6.76. The number of phenolic OH excluding ortho intramolecular Hbond substituents is 2. The van der Waals surface area contributed by atoms with Crippen molar-refractivity contribution in [1.82, 2.24) is 0 Å². The Morgan fingerprint density at radius 1 is 0.957 bits per heavy atom. The van der Waals surface area contributed by atoms with E-state index in [-0.39, 0.29) is 22.8 Å². The van der Waals surface area contributed by atoms with Crippen LogP contribution in [0.3, 0.4) is 0 Å². The van der Waals surface area contributed by atoms with Gasteiger partial charge in [-0.1, -0.05) is 12.1 Å². The number of phenols is 2. The van der Waals surface area contributed by atoms with E-state index in [1.807, 2.05) is 0 Å². The molecule has 6 heteroatoms. The van der Waals surface area contributed by atoms with Crippen LogP contribution in [0.25, 0.3) is 22.1 Å². The molecule has 23 heavy (non-hydrogen) atoms. The van der Waals surface area contributed by atoms with Gasteiger partial charge in [-0.25, -0.2) is 4.79 Å². The van der Waals surface area contributed by atoms with Gasteiger partial charge in [-0.2, -0.15) is 0 Å². The minimum Gasteiger partial charge on any atom is -0.508 e. The molecule has 2 aromatic carbocycles. The van der Waals surface area contributed by atoms with Crippen molar-refractivity contribution in [2.24, 2.45) is 0 Å². The molecule has 0 aliphatic rings. The van der Waals surface area contributed by atoms with Gasteiger partial charge in [0.2, 0.25) is 5.75 Å². The number of rotatable bonds is 3. The number of hydrogen-bond donors (Lipinski definition) is 2. The summed E-state index contributed by atoms with van der Waals surface area (Å²) in [6, 6.07) is 9.15. The minimum absolute atomic E-state index is 0.0169.